The van der Waals surface area contributed by atoms with E-state index >= 15 is 0 Å². The number of fused-ring (bicyclic) bond motifs is 1. The fraction of sp³-hybridized carbons (Fsp3) is 0.136. The number of nitrogens with zero attached hydrogens (tertiary/aromatic N) is 2. The van der Waals surface area contributed by atoms with E-state index in [1.54, 1.807) is 54.5 Å². The monoisotopic (exact) mass is 373 g/mol. The van der Waals surface area contributed by atoms with Crippen LogP contribution in [0.25, 0.3) is 0 Å². The summed E-state index contributed by atoms with van der Waals surface area (Å²) < 4.78 is 5.03. The molecule has 6 heteroatoms. The van der Waals surface area contributed by atoms with Crippen LogP contribution in [-0.2, 0) is 4.74 Å². The van der Waals surface area contributed by atoms with Crippen molar-refractivity contribution in [3.05, 3.63) is 89.7 Å². The predicted molar refractivity (Wildman–Crippen MR) is 106 cm³/mol. The van der Waals surface area contributed by atoms with Crippen molar-refractivity contribution in [1.29, 1.82) is 0 Å². The molecular formula is C22H19N3O3. The summed E-state index contributed by atoms with van der Waals surface area (Å²) in [6.07, 6.45) is 3.02. The highest BCUT2D eigenvalue weighted by Crippen LogP contribution is 2.36. The Morgan fingerprint density at radius 3 is 2.61 bits per heavy atom. The highest BCUT2D eigenvalue weighted by atomic mass is 16.5. The van der Waals surface area contributed by atoms with Crippen molar-refractivity contribution in [2.75, 3.05) is 16.8 Å². The molecule has 1 aromatic heterocycles. The number of aromatic nitrogens is 1. The van der Waals surface area contributed by atoms with Crippen molar-refractivity contribution in [1.82, 2.24) is 4.98 Å². The molecule has 140 valence electrons. The van der Waals surface area contributed by atoms with Crippen LogP contribution in [0.15, 0.2) is 73.1 Å². The first kappa shape index (κ1) is 17.7. The van der Waals surface area contributed by atoms with E-state index in [9.17, 15) is 9.59 Å². The summed E-state index contributed by atoms with van der Waals surface area (Å²) in [6.45, 7) is 2.08. The van der Waals surface area contributed by atoms with E-state index < -0.39 is 6.17 Å². The van der Waals surface area contributed by atoms with Gasteiger partial charge in [0.2, 0.25) is 0 Å². The lowest BCUT2D eigenvalue weighted by molar-refractivity contribution is 0.0526. The van der Waals surface area contributed by atoms with E-state index in [0.717, 1.165) is 11.3 Å². The number of hydrogen-bond donors (Lipinski definition) is 1. The van der Waals surface area contributed by atoms with Gasteiger partial charge in [0, 0.05) is 29.3 Å². The van der Waals surface area contributed by atoms with Crippen LogP contribution < -0.4 is 10.2 Å². The Morgan fingerprint density at radius 1 is 1.11 bits per heavy atom. The molecule has 2 heterocycles. The topological polar surface area (TPSA) is 71.5 Å². The first-order chi connectivity index (χ1) is 13.7. The van der Waals surface area contributed by atoms with Crippen molar-refractivity contribution in [3.63, 3.8) is 0 Å². The minimum absolute atomic E-state index is 0.118. The molecule has 0 radical (unpaired) electrons. The molecule has 1 atom stereocenters. The van der Waals surface area contributed by atoms with Gasteiger partial charge in [0.05, 0.1) is 17.7 Å². The Balaban J connectivity index is 1.75. The minimum Gasteiger partial charge on any atom is -0.462 e. The van der Waals surface area contributed by atoms with Crippen molar-refractivity contribution in [2.24, 2.45) is 0 Å². The molecule has 1 aliphatic heterocycles. The van der Waals surface area contributed by atoms with Gasteiger partial charge in [0.25, 0.3) is 5.91 Å². The van der Waals surface area contributed by atoms with Crippen LogP contribution in [0.1, 0.15) is 39.4 Å². The molecule has 0 fully saturated rings. The van der Waals surface area contributed by atoms with Gasteiger partial charge < -0.3 is 10.1 Å². The Kier molecular flexibility index (Phi) is 4.76. The van der Waals surface area contributed by atoms with E-state index in [1.807, 2.05) is 30.3 Å². The first-order valence-corrected chi connectivity index (χ1v) is 9.05. The summed E-state index contributed by atoms with van der Waals surface area (Å²) in [5, 5.41) is 3.42. The van der Waals surface area contributed by atoms with Gasteiger partial charge in [-0.1, -0.05) is 18.2 Å². The maximum Gasteiger partial charge on any atom is 0.338 e. The molecule has 1 N–H and O–H groups in total. The number of hydrogen-bond acceptors (Lipinski definition) is 5. The number of para-hydroxylation sites is 1. The molecular weight excluding hydrogens is 354 g/mol. The maximum atomic E-state index is 13.3. The summed E-state index contributed by atoms with van der Waals surface area (Å²) in [7, 11) is 0. The van der Waals surface area contributed by atoms with E-state index in [0.29, 0.717) is 23.4 Å². The summed E-state index contributed by atoms with van der Waals surface area (Å²) in [4.78, 5) is 31.1. The second-order valence-corrected chi connectivity index (χ2v) is 6.32. The van der Waals surface area contributed by atoms with Gasteiger partial charge in [-0.05, 0) is 49.4 Å². The van der Waals surface area contributed by atoms with Crippen molar-refractivity contribution in [2.45, 2.75) is 13.1 Å². The van der Waals surface area contributed by atoms with Crippen molar-refractivity contribution >= 4 is 23.3 Å². The van der Waals surface area contributed by atoms with Gasteiger partial charge in [-0.3, -0.25) is 14.7 Å². The molecule has 6 nitrogen and oxygen atoms in total. The fourth-order valence-electron chi connectivity index (χ4n) is 3.26. The summed E-state index contributed by atoms with van der Waals surface area (Å²) in [5.74, 6) is -0.501. The van der Waals surface area contributed by atoms with Crippen LogP contribution in [0.3, 0.4) is 0 Å². The largest absolute Gasteiger partial charge is 0.462 e. The first-order valence-electron chi connectivity index (χ1n) is 9.05. The SMILES string of the molecule is CCOC(=O)c1ccc(N2C(=O)c3ccccc3N[C@@H]2c2cccnc2)cc1. The van der Waals surface area contributed by atoms with Gasteiger partial charge in [-0.25, -0.2) is 4.79 Å². The highest BCUT2D eigenvalue weighted by molar-refractivity contribution is 6.12. The lowest BCUT2D eigenvalue weighted by atomic mass is 10.0. The summed E-state index contributed by atoms with van der Waals surface area (Å²) in [6, 6.07) is 18.0. The van der Waals surface area contributed by atoms with Crippen LogP contribution >= 0.6 is 0 Å². The molecule has 0 aliphatic carbocycles. The number of nitrogens with one attached hydrogen (secondary N) is 1. The summed E-state index contributed by atoms with van der Waals surface area (Å²) in [5.41, 5.74) is 3.35. The van der Waals surface area contributed by atoms with Crippen LogP contribution in [0.2, 0.25) is 0 Å². The standard InChI is InChI=1S/C22H19N3O3/c1-2-28-22(27)15-9-11-17(12-10-15)25-20(16-6-5-13-23-14-16)24-19-8-4-3-7-18(19)21(25)26/h3-14,20,24H,2H2,1H3/t20-/m0/s1. The smallest absolute Gasteiger partial charge is 0.338 e. The van der Waals surface area contributed by atoms with Crippen LogP contribution in [-0.4, -0.2) is 23.5 Å². The average Bonchev–Trinajstić information content (AvgIpc) is 2.75. The molecule has 1 amide bonds. The number of carbonyl (C=O) groups excluding carboxylic acids is 2. The maximum absolute atomic E-state index is 13.3. The molecule has 1 aliphatic rings. The molecule has 4 rings (SSSR count). The van der Waals surface area contributed by atoms with Gasteiger partial charge >= 0.3 is 5.97 Å². The number of amides is 1. The molecule has 0 unspecified atom stereocenters. The van der Waals surface area contributed by atoms with E-state index in [1.165, 1.54) is 0 Å². The third-order valence-corrected chi connectivity index (χ3v) is 4.58. The van der Waals surface area contributed by atoms with Crippen molar-refractivity contribution < 1.29 is 14.3 Å². The number of rotatable bonds is 4. The Labute approximate surface area is 162 Å². The summed E-state index contributed by atoms with van der Waals surface area (Å²) >= 11 is 0. The molecule has 0 saturated carbocycles. The molecule has 0 spiro atoms. The number of ether oxygens (including phenoxy) is 1. The number of carbonyl (C=O) groups is 2. The molecule has 0 saturated heterocycles. The molecule has 3 aromatic rings. The number of benzene rings is 2. The van der Waals surface area contributed by atoms with Gasteiger partial charge in [-0.2, -0.15) is 0 Å². The lowest BCUT2D eigenvalue weighted by Crippen LogP contribution is -2.43. The van der Waals surface area contributed by atoms with Gasteiger partial charge in [0.15, 0.2) is 0 Å². The van der Waals surface area contributed by atoms with Crippen LogP contribution in [0.4, 0.5) is 11.4 Å². The van der Waals surface area contributed by atoms with Crippen LogP contribution in [0, 0.1) is 0 Å². The van der Waals surface area contributed by atoms with Gasteiger partial charge in [-0.15, -0.1) is 0 Å². The number of esters is 1. The Bertz CT molecular complexity index is 1000. The minimum atomic E-state index is -0.412. The highest BCUT2D eigenvalue weighted by Gasteiger charge is 2.34. The quantitative estimate of drug-likeness (QED) is 0.699. The number of anilines is 2. The third kappa shape index (κ3) is 3.20. The van der Waals surface area contributed by atoms with Crippen LogP contribution in [0.5, 0.6) is 0 Å². The zero-order valence-electron chi connectivity index (χ0n) is 15.3. The number of pyridine rings is 1. The normalized spacial score (nSPS) is 15.5. The molecule has 2 aromatic carbocycles. The lowest BCUT2D eigenvalue weighted by Gasteiger charge is -2.38. The predicted octanol–water partition coefficient (Wildman–Crippen LogP) is 4.03. The second kappa shape index (κ2) is 7.52. The van der Waals surface area contributed by atoms with E-state index in [2.05, 4.69) is 10.3 Å². The van der Waals surface area contributed by atoms with Crippen molar-refractivity contribution in [3.8, 4) is 0 Å². The Hall–Kier alpha value is -3.67. The Morgan fingerprint density at radius 2 is 1.89 bits per heavy atom. The molecule has 28 heavy (non-hydrogen) atoms. The van der Waals surface area contributed by atoms with E-state index in [4.69, 9.17) is 4.74 Å². The fourth-order valence-corrected chi connectivity index (χ4v) is 3.26. The zero-order valence-corrected chi connectivity index (χ0v) is 15.3. The molecule has 0 bridgehead atoms. The van der Waals surface area contributed by atoms with Gasteiger partial charge in [0.1, 0.15) is 6.17 Å². The average molecular weight is 373 g/mol. The third-order valence-electron chi connectivity index (χ3n) is 4.58. The zero-order chi connectivity index (χ0) is 19.5. The van der Waals surface area contributed by atoms with E-state index in [-0.39, 0.29) is 11.9 Å². The second-order valence-electron chi connectivity index (χ2n) is 6.32.